The number of anilines is 1. The van der Waals surface area contributed by atoms with Crippen molar-refractivity contribution in [1.82, 2.24) is 10.2 Å². The summed E-state index contributed by atoms with van der Waals surface area (Å²) in [5.74, 6) is 0.491. The van der Waals surface area contributed by atoms with E-state index in [4.69, 9.17) is 0 Å². The van der Waals surface area contributed by atoms with Crippen molar-refractivity contribution in [3.8, 4) is 0 Å². The van der Waals surface area contributed by atoms with E-state index in [-0.39, 0.29) is 24.2 Å². The molecule has 1 heterocycles. The molecule has 0 atom stereocenters. The van der Waals surface area contributed by atoms with Crippen LogP contribution in [-0.4, -0.2) is 42.9 Å². The lowest BCUT2D eigenvalue weighted by molar-refractivity contribution is -0.117. The number of nitrogens with one attached hydrogen (secondary N) is 2. The number of piperidine rings is 1. The molecule has 6 heteroatoms. The van der Waals surface area contributed by atoms with Crippen LogP contribution in [0.4, 0.5) is 5.69 Å². The largest absolute Gasteiger partial charge is 0.339 e. The maximum absolute atomic E-state index is 12.4. The number of amides is 2. The number of carbonyl (C=O) groups is 2. The van der Waals surface area contributed by atoms with E-state index in [1.165, 1.54) is 0 Å². The highest BCUT2D eigenvalue weighted by atomic mass is 35.5. The highest BCUT2D eigenvalue weighted by Crippen LogP contribution is 2.18. The van der Waals surface area contributed by atoms with E-state index in [0.29, 0.717) is 36.7 Å². The third-order valence-corrected chi connectivity index (χ3v) is 4.38. The van der Waals surface area contributed by atoms with Crippen LogP contribution in [0.2, 0.25) is 0 Å². The van der Waals surface area contributed by atoms with Gasteiger partial charge < -0.3 is 15.5 Å². The zero-order valence-corrected chi connectivity index (χ0v) is 15.3. The van der Waals surface area contributed by atoms with Crippen LogP contribution in [0.15, 0.2) is 24.3 Å². The molecule has 0 bridgehead atoms. The van der Waals surface area contributed by atoms with Gasteiger partial charge >= 0.3 is 0 Å². The highest BCUT2D eigenvalue weighted by molar-refractivity contribution is 5.97. The SMILES string of the molecule is CCN(CC)C(=O)c1cccc(NC(=O)CC2CCNCC2)c1.Cl. The average molecular weight is 354 g/mol. The van der Waals surface area contributed by atoms with Crippen LogP contribution in [0.5, 0.6) is 0 Å². The molecular formula is C18H28ClN3O2. The second-order valence-electron chi connectivity index (χ2n) is 6.00. The standard InChI is InChI=1S/C18H27N3O2.ClH/c1-3-21(4-2)18(23)15-6-5-7-16(13-15)20-17(22)12-14-8-10-19-11-9-14;/h5-7,13-14,19H,3-4,8-12H2,1-2H3,(H,20,22);1H. The van der Waals surface area contributed by atoms with E-state index in [2.05, 4.69) is 10.6 Å². The summed E-state index contributed by atoms with van der Waals surface area (Å²) in [7, 11) is 0. The van der Waals surface area contributed by atoms with Gasteiger partial charge in [-0.25, -0.2) is 0 Å². The lowest BCUT2D eigenvalue weighted by Gasteiger charge is -2.22. The van der Waals surface area contributed by atoms with Gasteiger partial charge in [0, 0.05) is 30.8 Å². The predicted octanol–water partition coefficient (Wildman–Crippen LogP) is 2.92. The topological polar surface area (TPSA) is 61.4 Å². The Hall–Kier alpha value is -1.59. The minimum absolute atomic E-state index is 0. The molecule has 1 fully saturated rings. The summed E-state index contributed by atoms with van der Waals surface area (Å²) >= 11 is 0. The van der Waals surface area contributed by atoms with Crippen LogP contribution in [0, 0.1) is 5.92 Å². The summed E-state index contributed by atoms with van der Waals surface area (Å²) in [4.78, 5) is 26.3. The Labute approximate surface area is 150 Å². The first-order valence-corrected chi connectivity index (χ1v) is 8.54. The number of hydrogen-bond acceptors (Lipinski definition) is 3. The molecule has 1 aliphatic rings. The van der Waals surface area contributed by atoms with Gasteiger partial charge in [0.15, 0.2) is 0 Å². The second kappa shape index (κ2) is 10.3. The number of halogens is 1. The average Bonchev–Trinajstić information content (AvgIpc) is 2.57. The van der Waals surface area contributed by atoms with E-state index >= 15 is 0 Å². The molecule has 0 aromatic heterocycles. The van der Waals surface area contributed by atoms with Crippen LogP contribution >= 0.6 is 12.4 Å². The molecule has 2 amide bonds. The number of benzene rings is 1. The molecular weight excluding hydrogens is 326 g/mol. The fraction of sp³-hybridized carbons (Fsp3) is 0.556. The number of carbonyl (C=O) groups excluding carboxylic acids is 2. The fourth-order valence-electron chi connectivity index (χ4n) is 2.98. The third kappa shape index (κ3) is 5.80. The Morgan fingerprint density at radius 1 is 1.21 bits per heavy atom. The lowest BCUT2D eigenvalue weighted by atomic mass is 9.94. The van der Waals surface area contributed by atoms with Gasteiger partial charge in [0.2, 0.25) is 5.91 Å². The zero-order chi connectivity index (χ0) is 16.7. The lowest BCUT2D eigenvalue weighted by Crippen LogP contribution is -2.30. The summed E-state index contributed by atoms with van der Waals surface area (Å²) < 4.78 is 0. The van der Waals surface area contributed by atoms with Crippen LogP contribution in [-0.2, 0) is 4.79 Å². The third-order valence-electron chi connectivity index (χ3n) is 4.38. The smallest absolute Gasteiger partial charge is 0.253 e. The minimum Gasteiger partial charge on any atom is -0.339 e. The Morgan fingerprint density at radius 3 is 2.50 bits per heavy atom. The Morgan fingerprint density at radius 2 is 1.88 bits per heavy atom. The first-order valence-electron chi connectivity index (χ1n) is 8.54. The summed E-state index contributed by atoms with van der Waals surface area (Å²) in [6.07, 6.45) is 2.65. The molecule has 2 N–H and O–H groups in total. The number of rotatable bonds is 6. The maximum Gasteiger partial charge on any atom is 0.253 e. The molecule has 5 nitrogen and oxygen atoms in total. The van der Waals surface area contributed by atoms with E-state index in [1.54, 1.807) is 17.0 Å². The van der Waals surface area contributed by atoms with Crippen molar-refractivity contribution < 1.29 is 9.59 Å². The molecule has 1 aromatic carbocycles. The van der Waals surface area contributed by atoms with E-state index in [1.807, 2.05) is 26.0 Å². The summed E-state index contributed by atoms with van der Waals surface area (Å²) in [6.45, 7) is 7.28. The van der Waals surface area contributed by atoms with Crippen molar-refractivity contribution in [3.05, 3.63) is 29.8 Å². The first kappa shape index (κ1) is 20.5. The van der Waals surface area contributed by atoms with Crippen molar-refractivity contribution in [2.45, 2.75) is 33.1 Å². The van der Waals surface area contributed by atoms with E-state index < -0.39 is 0 Å². The van der Waals surface area contributed by atoms with Crippen LogP contribution in [0.1, 0.15) is 43.5 Å². The molecule has 1 saturated heterocycles. The molecule has 2 rings (SSSR count). The predicted molar refractivity (Wildman–Crippen MR) is 99.8 cm³/mol. The first-order chi connectivity index (χ1) is 11.1. The molecule has 0 spiro atoms. The van der Waals surface area contributed by atoms with Gasteiger partial charge in [0.25, 0.3) is 5.91 Å². The molecule has 1 aromatic rings. The van der Waals surface area contributed by atoms with Gasteiger partial charge in [0.05, 0.1) is 0 Å². The molecule has 24 heavy (non-hydrogen) atoms. The zero-order valence-electron chi connectivity index (χ0n) is 14.5. The van der Waals surface area contributed by atoms with E-state index in [9.17, 15) is 9.59 Å². The Balaban J connectivity index is 0.00000288. The van der Waals surface area contributed by atoms with Gasteiger partial charge in [-0.05, 0) is 63.9 Å². The second-order valence-corrected chi connectivity index (χ2v) is 6.00. The summed E-state index contributed by atoms with van der Waals surface area (Å²) in [6, 6.07) is 7.21. The Bertz CT molecular complexity index is 541. The number of nitrogens with zero attached hydrogens (tertiary/aromatic N) is 1. The Kier molecular flexibility index (Phi) is 8.79. The molecule has 1 aliphatic heterocycles. The molecule has 0 saturated carbocycles. The van der Waals surface area contributed by atoms with Gasteiger partial charge in [0.1, 0.15) is 0 Å². The summed E-state index contributed by atoms with van der Waals surface area (Å²) in [5, 5.41) is 6.23. The molecule has 0 aliphatic carbocycles. The molecule has 0 radical (unpaired) electrons. The van der Waals surface area contributed by atoms with Crippen molar-refractivity contribution >= 4 is 29.9 Å². The quantitative estimate of drug-likeness (QED) is 0.826. The van der Waals surface area contributed by atoms with Gasteiger partial charge in [-0.2, -0.15) is 0 Å². The van der Waals surface area contributed by atoms with Gasteiger partial charge in [-0.15, -0.1) is 12.4 Å². The molecule has 0 unspecified atom stereocenters. The highest BCUT2D eigenvalue weighted by Gasteiger charge is 2.17. The van der Waals surface area contributed by atoms with Crippen LogP contribution < -0.4 is 10.6 Å². The van der Waals surface area contributed by atoms with Crippen molar-refractivity contribution in [2.75, 3.05) is 31.5 Å². The maximum atomic E-state index is 12.4. The minimum atomic E-state index is 0. The normalized spacial score (nSPS) is 14.6. The van der Waals surface area contributed by atoms with Crippen LogP contribution in [0.25, 0.3) is 0 Å². The van der Waals surface area contributed by atoms with Crippen molar-refractivity contribution in [2.24, 2.45) is 5.92 Å². The van der Waals surface area contributed by atoms with Crippen molar-refractivity contribution in [3.63, 3.8) is 0 Å². The monoisotopic (exact) mass is 353 g/mol. The van der Waals surface area contributed by atoms with Crippen LogP contribution in [0.3, 0.4) is 0 Å². The fourth-order valence-corrected chi connectivity index (χ4v) is 2.98. The molecule has 134 valence electrons. The van der Waals surface area contributed by atoms with Gasteiger partial charge in [-0.1, -0.05) is 6.07 Å². The van der Waals surface area contributed by atoms with Gasteiger partial charge in [-0.3, -0.25) is 9.59 Å². The number of hydrogen-bond donors (Lipinski definition) is 2. The van der Waals surface area contributed by atoms with E-state index in [0.717, 1.165) is 25.9 Å². The summed E-state index contributed by atoms with van der Waals surface area (Å²) in [5.41, 5.74) is 1.32. The van der Waals surface area contributed by atoms with Crippen molar-refractivity contribution in [1.29, 1.82) is 0 Å².